The molecule has 5 heteroatoms. The molecule has 0 aliphatic rings. The molecule has 0 saturated heterocycles. The second kappa shape index (κ2) is 5.01. The van der Waals surface area contributed by atoms with E-state index in [1.807, 2.05) is 24.3 Å². The van der Waals surface area contributed by atoms with E-state index in [1.54, 1.807) is 0 Å². The van der Waals surface area contributed by atoms with Crippen molar-refractivity contribution in [2.24, 2.45) is 0 Å². The Morgan fingerprint density at radius 1 is 1.25 bits per heavy atom. The van der Waals surface area contributed by atoms with Crippen LogP contribution in [0.2, 0.25) is 0 Å². The van der Waals surface area contributed by atoms with Crippen LogP contribution in [0.25, 0.3) is 11.0 Å². The molecule has 0 aliphatic carbocycles. The van der Waals surface area contributed by atoms with Crippen molar-refractivity contribution in [3.8, 4) is 0 Å². The molecule has 1 heterocycles. The number of nitrogens with one attached hydrogen (secondary N) is 1. The van der Waals surface area contributed by atoms with E-state index in [0.717, 1.165) is 11.0 Å². The van der Waals surface area contributed by atoms with Crippen molar-refractivity contribution in [2.45, 2.75) is 5.16 Å². The molecule has 2 nitrogen and oxygen atoms in total. The molecule has 0 aliphatic heterocycles. The van der Waals surface area contributed by atoms with Crippen LogP contribution < -0.4 is 0 Å². The van der Waals surface area contributed by atoms with Crippen molar-refractivity contribution in [3.05, 3.63) is 24.3 Å². The fourth-order valence-corrected chi connectivity index (χ4v) is 1.14. The Hall–Kier alpha value is 0.159. The normalized spacial score (nSPS) is 8.67. The van der Waals surface area contributed by atoms with Crippen molar-refractivity contribution < 1.29 is 17.1 Å². The number of nitrogens with zero attached hydrogens (tertiary/aromatic N) is 1. The van der Waals surface area contributed by atoms with Crippen LogP contribution in [0.5, 0.6) is 0 Å². The van der Waals surface area contributed by atoms with Gasteiger partial charge in [-0.15, -0.1) is 24.0 Å². The molecule has 0 atom stereocenters. The molecular weight excluding hydrogens is 335 g/mol. The third-order valence-electron chi connectivity index (χ3n) is 1.37. The van der Waals surface area contributed by atoms with Gasteiger partial charge in [0.2, 0.25) is 0 Å². The van der Waals surface area contributed by atoms with E-state index in [0.29, 0.717) is 5.16 Å². The Balaban J connectivity index is 0.000000605. The number of aromatic nitrogens is 2. The maximum Gasteiger partial charge on any atom is 1.00 e. The largest absolute Gasteiger partial charge is 1.00 e. The summed E-state index contributed by atoms with van der Waals surface area (Å²) in [5.41, 5.74) is 1.94. The summed E-state index contributed by atoms with van der Waals surface area (Å²) < 4.78 is 0. The fraction of sp³-hybridized carbons (Fsp3) is 0. The van der Waals surface area contributed by atoms with E-state index in [2.05, 4.69) is 9.97 Å². The van der Waals surface area contributed by atoms with Crippen molar-refractivity contribution in [1.29, 1.82) is 0 Å². The first-order valence-electron chi connectivity index (χ1n) is 2.98. The van der Waals surface area contributed by atoms with Crippen LogP contribution >= 0.6 is 24.0 Å². The number of fused-ring (bicyclic) bond motifs is 1. The summed E-state index contributed by atoms with van der Waals surface area (Å²) >= 11 is 4.85. The molecule has 2 rings (SSSR count). The van der Waals surface area contributed by atoms with Crippen LogP contribution in [0.3, 0.4) is 0 Å². The Bertz CT molecular complexity index is 330. The van der Waals surface area contributed by atoms with Crippen molar-refractivity contribution in [2.75, 3.05) is 0 Å². The minimum absolute atomic E-state index is 0. The van der Waals surface area contributed by atoms with Gasteiger partial charge < -0.3 is 17.6 Å². The van der Waals surface area contributed by atoms with E-state index in [-0.39, 0.29) is 41.0 Å². The van der Waals surface area contributed by atoms with Crippen LogP contribution in [0.4, 0.5) is 0 Å². The van der Waals surface area contributed by atoms with Gasteiger partial charge in [-0.3, -0.25) is 4.98 Å². The molecule has 0 radical (unpaired) electrons. The topological polar surface area (TPSA) is 28.7 Å². The van der Waals surface area contributed by atoms with Crippen LogP contribution in [0.15, 0.2) is 29.4 Å². The molecule has 1 N–H and O–H groups in total. The number of hydrogen-bond acceptors (Lipinski definition) is 2. The van der Waals surface area contributed by atoms with E-state index >= 15 is 0 Å². The molecular formula is C7H6CuIN2S. The molecule has 0 saturated carbocycles. The van der Waals surface area contributed by atoms with Gasteiger partial charge in [0.1, 0.15) is 0 Å². The van der Waals surface area contributed by atoms with Gasteiger partial charge in [-0.2, -0.15) is 0 Å². The smallest absolute Gasteiger partial charge is 0.742 e. The molecule has 12 heavy (non-hydrogen) atoms. The number of aromatic amines is 1. The quantitative estimate of drug-likeness (QED) is 0.452. The third kappa shape index (κ3) is 2.32. The predicted molar refractivity (Wildman–Crippen MR) is 57.1 cm³/mol. The molecule has 0 bridgehead atoms. The summed E-state index contributed by atoms with van der Waals surface area (Å²) in [4.78, 5) is 7.03. The summed E-state index contributed by atoms with van der Waals surface area (Å²) in [5.74, 6) is 0. The number of para-hydroxylation sites is 2. The zero-order valence-electron chi connectivity index (χ0n) is 5.87. The molecule has 0 fully saturated rings. The second-order valence-electron chi connectivity index (χ2n) is 2.06. The zero-order chi connectivity index (χ0) is 6.97. The molecule has 0 spiro atoms. The van der Waals surface area contributed by atoms with Gasteiger partial charge in [0.05, 0.1) is 11.0 Å². The molecule has 68 valence electrons. The SMILES string of the molecule is I.[Cu+].[S-]c1nc2ccccc2[nH]1. The first kappa shape index (κ1) is 12.2. The fourth-order valence-electron chi connectivity index (χ4n) is 0.929. The summed E-state index contributed by atoms with van der Waals surface area (Å²) in [6.07, 6.45) is 0. The van der Waals surface area contributed by atoms with Crippen LogP contribution in [0, 0.1) is 0 Å². The number of imidazole rings is 1. The van der Waals surface area contributed by atoms with E-state index < -0.39 is 0 Å². The van der Waals surface area contributed by atoms with Gasteiger partial charge in [-0.1, -0.05) is 12.1 Å². The Morgan fingerprint density at radius 2 is 1.92 bits per heavy atom. The third-order valence-corrected chi connectivity index (χ3v) is 1.56. The van der Waals surface area contributed by atoms with Crippen molar-refractivity contribution in [1.82, 2.24) is 9.97 Å². The molecule has 0 amide bonds. The second-order valence-corrected chi connectivity index (χ2v) is 2.45. The van der Waals surface area contributed by atoms with Crippen LogP contribution in [-0.4, -0.2) is 9.97 Å². The van der Waals surface area contributed by atoms with Gasteiger partial charge in [0.25, 0.3) is 0 Å². The van der Waals surface area contributed by atoms with Gasteiger partial charge in [0.15, 0.2) is 0 Å². The van der Waals surface area contributed by atoms with Gasteiger partial charge in [0, 0.05) is 0 Å². The summed E-state index contributed by atoms with van der Waals surface area (Å²) in [6, 6.07) is 7.78. The van der Waals surface area contributed by atoms with Gasteiger partial charge >= 0.3 is 17.1 Å². The molecule has 1 aromatic carbocycles. The van der Waals surface area contributed by atoms with E-state index in [9.17, 15) is 0 Å². The first-order valence-corrected chi connectivity index (χ1v) is 3.39. The maximum atomic E-state index is 4.85. The molecule has 0 unspecified atom stereocenters. The summed E-state index contributed by atoms with van der Waals surface area (Å²) in [7, 11) is 0. The summed E-state index contributed by atoms with van der Waals surface area (Å²) in [5, 5.41) is 0.557. The Labute approximate surface area is 103 Å². The Kier molecular flexibility index (Phi) is 5.08. The van der Waals surface area contributed by atoms with E-state index in [4.69, 9.17) is 12.6 Å². The zero-order valence-corrected chi connectivity index (χ0v) is 9.96. The number of rotatable bonds is 0. The molecule has 2 aromatic rings. The van der Waals surface area contributed by atoms with E-state index in [1.165, 1.54) is 0 Å². The minimum atomic E-state index is 0. The number of hydrogen-bond donors (Lipinski definition) is 1. The first-order chi connectivity index (χ1) is 4.86. The molecule has 1 aromatic heterocycles. The maximum absolute atomic E-state index is 4.85. The summed E-state index contributed by atoms with van der Waals surface area (Å²) in [6.45, 7) is 0. The van der Waals surface area contributed by atoms with Crippen LogP contribution in [0.1, 0.15) is 0 Å². The number of H-pyrrole nitrogens is 1. The average molecular weight is 341 g/mol. The van der Waals surface area contributed by atoms with Crippen molar-refractivity contribution >= 4 is 47.6 Å². The Morgan fingerprint density at radius 3 is 2.58 bits per heavy atom. The number of halogens is 1. The monoisotopic (exact) mass is 340 g/mol. The number of benzene rings is 1. The minimum Gasteiger partial charge on any atom is -0.742 e. The van der Waals surface area contributed by atoms with Gasteiger partial charge in [-0.05, 0) is 17.3 Å². The predicted octanol–water partition coefficient (Wildman–Crippen LogP) is 2.08. The van der Waals surface area contributed by atoms with Crippen LogP contribution in [-0.2, 0) is 29.7 Å². The van der Waals surface area contributed by atoms with Crippen molar-refractivity contribution in [3.63, 3.8) is 0 Å². The van der Waals surface area contributed by atoms with Gasteiger partial charge in [-0.25, -0.2) is 0 Å². The average Bonchev–Trinajstić information content (AvgIpc) is 2.27. The standard InChI is InChI=1S/C7H6N2S.Cu.HI/c10-7-8-5-3-1-2-4-6(5)9-7;;/h1-4H,(H2,8,9,10);;1H/q;+1;/p-1.